The van der Waals surface area contributed by atoms with Crippen molar-refractivity contribution in [2.45, 2.75) is 37.2 Å². The fourth-order valence-electron chi connectivity index (χ4n) is 3.67. The van der Waals surface area contributed by atoms with E-state index in [4.69, 9.17) is 20.4 Å². The van der Waals surface area contributed by atoms with Gasteiger partial charge >= 0.3 is 0 Å². The van der Waals surface area contributed by atoms with Crippen LogP contribution in [0, 0.1) is 5.92 Å². The summed E-state index contributed by atoms with van der Waals surface area (Å²) in [5, 5.41) is 18.8. The summed E-state index contributed by atoms with van der Waals surface area (Å²) in [7, 11) is 0. The number of halogens is 1. The van der Waals surface area contributed by atoms with Crippen molar-refractivity contribution < 1.29 is 8.83 Å². The van der Waals surface area contributed by atoms with Gasteiger partial charge in [-0.2, -0.15) is 0 Å². The van der Waals surface area contributed by atoms with Gasteiger partial charge in [-0.3, -0.25) is 4.57 Å². The number of thioether (sulfide) groups is 1. The molecule has 1 aliphatic rings. The summed E-state index contributed by atoms with van der Waals surface area (Å²) < 4.78 is 13.5. The summed E-state index contributed by atoms with van der Waals surface area (Å²) in [4.78, 5) is 2.31. The summed E-state index contributed by atoms with van der Waals surface area (Å²) in [5.41, 5.74) is 0.834. The first-order valence-electron chi connectivity index (χ1n) is 10.6. The number of aromatic nitrogens is 5. The maximum atomic E-state index is 5.96. The molecule has 0 spiro atoms. The monoisotopic (exact) mass is 470 g/mol. The standard InChI is InChI=1S/C22H23ClN6O2S/c1-15-8-10-28(11-9-15)21-26-27-22(29(21)13-18-3-2-12-30-18)32-14-19-24-25-20(31-19)16-4-6-17(23)7-5-16/h2-7,12,15H,8-11,13-14H2,1H3. The predicted octanol–water partition coefficient (Wildman–Crippen LogP) is 5.15. The van der Waals surface area contributed by atoms with E-state index >= 15 is 0 Å². The molecule has 32 heavy (non-hydrogen) atoms. The fourth-order valence-corrected chi connectivity index (χ4v) is 4.57. The second-order valence-electron chi connectivity index (χ2n) is 7.91. The molecular formula is C22H23ClN6O2S. The van der Waals surface area contributed by atoms with Crippen LogP contribution in [0.2, 0.25) is 5.02 Å². The summed E-state index contributed by atoms with van der Waals surface area (Å²) in [6.07, 6.45) is 4.00. The van der Waals surface area contributed by atoms with Crippen molar-refractivity contribution in [3.63, 3.8) is 0 Å². The van der Waals surface area contributed by atoms with Crippen LogP contribution >= 0.6 is 23.4 Å². The zero-order valence-corrected chi connectivity index (χ0v) is 19.2. The van der Waals surface area contributed by atoms with Gasteiger partial charge in [0.05, 0.1) is 18.6 Å². The number of hydrogen-bond donors (Lipinski definition) is 0. The van der Waals surface area contributed by atoms with Crippen molar-refractivity contribution in [3.8, 4) is 11.5 Å². The van der Waals surface area contributed by atoms with Crippen molar-refractivity contribution >= 4 is 29.3 Å². The highest BCUT2D eigenvalue weighted by Crippen LogP contribution is 2.29. The van der Waals surface area contributed by atoms with Gasteiger partial charge in [0.2, 0.25) is 17.7 Å². The minimum atomic E-state index is 0.470. The molecule has 10 heteroatoms. The minimum absolute atomic E-state index is 0.470. The summed E-state index contributed by atoms with van der Waals surface area (Å²) in [6.45, 7) is 4.84. The van der Waals surface area contributed by atoms with Crippen LogP contribution in [0.15, 0.2) is 56.7 Å². The largest absolute Gasteiger partial charge is 0.467 e. The van der Waals surface area contributed by atoms with Crippen molar-refractivity contribution in [1.29, 1.82) is 0 Å². The van der Waals surface area contributed by atoms with E-state index in [1.165, 1.54) is 11.8 Å². The van der Waals surface area contributed by atoms with Gasteiger partial charge in [0.25, 0.3) is 0 Å². The summed E-state index contributed by atoms with van der Waals surface area (Å²) in [5.74, 6) is 3.98. The molecule has 0 atom stereocenters. The second kappa shape index (κ2) is 9.38. The highest BCUT2D eigenvalue weighted by Gasteiger charge is 2.23. The number of furan rings is 1. The van der Waals surface area contributed by atoms with Gasteiger partial charge in [-0.15, -0.1) is 20.4 Å². The first kappa shape index (κ1) is 21.1. The normalized spacial score (nSPS) is 14.9. The Labute approximate surface area is 195 Å². The highest BCUT2D eigenvalue weighted by molar-refractivity contribution is 7.98. The molecule has 0 aliphatic carbocycles. The average molecular weight is 471 g/mol. The SMILES string of the molecule is CC1CCN(c2nnc(SCc3nnc(-c4ccc(Cl)cc4)o3)n2Cc2ccco2)CC1. The lowest BCUT2D eigenvalue weighted by molar-refractivity contribution is 0.427. The lowest BCUT2D eigenvalue weighted by Gasteiger charge is -2.31. The van der Waals surface area contributed by atoms with Crippen LogP contribution in [0.25, 0.3) is 11.5 Å². The van der Waals surface area contributed by atoms with E-state index < -0.39 is 0 Å². The third kappa shape index (κ3) is 4.68. The molecule has 8 nitrogen and oxygen atoms in total. The van der Waals surface area contributed by atoms with Crippen molar-refractivity contribution in [1.82, 2.24) is 25.0 Å². The molecule has 0 bridgehead atoms. The topological polar surface area (TPSA) is 86.0 Å². The quantitative estimate of drug-likeness (QED) is 0.343. The van der Waals surface area contributed by atoms with E-state index in [0.29, 0.717) is 29.1 Å². The predicted molar refractivity (Wildman–Crippen MR) is 123 cm³/mol. The minimum Gasteiger partial charge on any atom is -0.467 e. The molecule has 1 aliphatic heterocycles. The average Bonchev–Trinajstić information content (AvgIpc) is 3.56. The number of anilines is 1. The first-order valence-corrected chi connectivity index (χ1v) is 11.9. The van der Waals surface area contributed by atoms with E-state index in [2.05, 4.69) is 36.8 Å². The van der Waals surface area contributed by atoms with E-state index in [1.807, 2.05) is 24.3 Å². The Bertz CT molecular complexity index is 1150. The molecule has 1 fully saturated rings. The van der Waals surface area contributed by atoms with Gasteiger partial charge in [-0.1, -0.05) is 30.3 Å². The Morgan fingerprint density at radius 1 is 1.06 bits per heavy atom. The molecule has 5 rings (SSSR count). The van der Waals surface area contributed by atoms with Crippen LogP contribution < -0.4 is 4.90 Å². The van der Waals surface area contributed by atoms with Gasteiger partial charge in [0, 0.05) is 23.7 Å². The Kier molecular flexibility index (Phi) is 6.18. The van der Waals surface area contributed by atoms with Gasteiger partial charge in [0.1, 0.15) is 5.76 Å². The first-order chi connectivity index (χ1) is 15.7. The molecule has 0 N–H and O–H groups in total. The summed E-state index contributed by atoms with van der Waals surface area (Å²) in [6, 6.07) is 11.2. The Morgan fingerprint density at radius 3 is 2.62 bits per heavy atom. The molecule has 0 amide bonds. The number of nitrogens with zero attached hydrogens (tertiary/aromatic N) is 6. The molecule has 0 saturated carbocycles. The smallest absolute Gasteiger partial charge is 0.247 e. The highest BCUT2D eigenvalue weighted by atomic mass is 35.5. The van der Waals surface area contributed by atoms with E-state index in [0.717, 1.165) is 54.3 Å². The Morgan fingerprint density at radius 2 is 1.88 bits per heavy atom. The van der Waals surface area contributed by atoms with Gasteiger partial charge < -0.3 is 13.7 Å². The third-order valence-corrected chi connectivity index (χ3v) is 6.74. The maximum Gasteiger partial charge on any atom is 0.247 e. The zero-order chi connectivity index (χ0) is 21.9. The zero-order valence-electron chi connectivity index (χ0n) is 17.6. The Hall–Kier alpha value is -2.78. The van der Waals surface area contributed by atoms with E-state index in [1.54, 1.807) is 18.4 Å². The number of benzene rings is 1. The van der Waals surface area contributed by atoms with Crippen LogP contribution in [-0.2, 0) is 12.3 Å². The van der Waals surface area contributed by atoms with Crippen molar-refractivity contribution in [2.24, 2.45) is 5.92 Å². The second-order valence-corrected chi connectivity index (χ2v) is 9.29. The van der Waals surface area contributed by atoms with Crippen molar-refractivity contribution in [3.05, 3.63) is 59.3 Å². The van der Waals surface area contributed by atoms with E-state index in [-0.39, 0.29) is 0 Å². The maximum absolute atomic E-state index is 5.96. The van der Waals surface area contributed by atoms with Gasteiger partial charge in [-0.05, 0) is 55.2 Å². The van der Waals surface area contributed by atoms with Gasteiger partial charge in [0.15, 0.2) is 5.16 Å². The van der Waals surface area contributed by atoms with Crippen LogP contribution in [-0.4, -0.2) is 38.1 Å². The molecule has 1 aromatic carbocycles. The number of hydrogen-bond acceptors (Lipinski definition) is 8. The molecule has 166 valence electrons. The van der Waals surface area contributed by atoms with Gasteiger partial charge in [-0.25, -0.2) is 0 Å². The van der Waals surface area contributed by atoms with Crippen LogP contribution in [0.1, 0.15) is 31.4 Å². The summed E-state index contributed by atoms with van der Waals surface area (Å²) >= 11 is 7.48. The molecule has 1 saturated heterocycles. The molecule has 4 heterocycles. The third-order valence-electron chi connectivity index (χ3n) is 5.54. The number of piperidine rings is 1. The van der Waals surface area contributed by atoms with Crippen LogP contribution in [0.4, 0.5) is 5.95 Å². The molecule has 0 radical (unpaired) electrons. The molecular weight excluding hydrogens is 448 g/mol. The lowest BCUT2D eigenvalue weighted by atomic mass is 10.00. The molecule has 0 unspecified atom stereocenters. The lowest BCUT2D eigenvalue weighted by Crippen LogP contribution is -2.35. The van der Waals surface area contributed by atoms with E-state index in [9.17, 15) is 0 Å². The number of rotatable bonds is 7. The van der Waals surface area contributed by atoms with Crippen LogP contribution in [0.5, 0.6) is 0 Å². The molecule has 4 aromatic rings. The van der Waals surface area contributed by atoms with Crippen molar-refractivity contribution in [2.75, 3.05) is 18.0 Å². The molecule has 3 aromatic heterocycles. The Balaban J connectivity index is 1.33. The fraction of sp³-hybridized carbons (Fsp3) is 0.364. The van der Waals surface area contributed by atoms with Crippen LogP contribution in [0.3, 0.4) is 0 Å².